The van der Waals surface area contributed by atoms with Gasteiger partial charge in [0, 0.05) is 12.1 Å². The summed E-state index contributed by atoms with van der Waals surface area (Å²) in [6.07, 6.45) is -0.0516. The summed E-state index contributed by atoms with van der Waals surface area (Å²) >= 11 is 0. The van der Waals surface area contributed by atoms with E-state index in [1.807, 2.05) is 20.8 Å². The third-order valence-corrected chi connectivity index (χ3v) is 2.72. The number of aliphatic hydroxyl groups is 1. The molecule has 5 nitrogen and oxygen atoms in total. The number of nitrogens with one attached hydrogen (secondary N) is 1. The highest BCUT2D eigenvalue weighted by Gasteiger charge is 2.17. The Balaban J connectivity index is 2.59. The van der Waals surface area contributed by atoms with E-state index in [4.69, 9.17) is 5.11 Å². The highest BCUT2D eigenvalue weighted by molar-refractivity contribution is 5.97. The smallest absolute Gasteiger partial charge is 0.335 e. The van der Waals surface area contributed by atoms with E-state index >= 15 is 0 Å². The Morgan fingerprint density at radius 3 is 2.40 bits per heavy atom. The molecular weight excluding hydrogens is 258 g/mol. The molecule has 0 saturated heterocycles. The summed E-state index contributed by atoms with van der Waals surface area (Å²) in [5.74, 6) is -1.46. The molecule has 1 atom stereocenters. The Kier molecular flexibility index (Phi) is 5.27. The molecule has 3 N–H and O–H groups in total. The van der Waals surface area contributed by atoms with Crippen molar-refractivity contribution in [2.45, 2.75) is 33.3 Å². The van der Waals surface area contributed by atoms with Crippen LogP contribution in [0.2, 0.25) is 0 Å². The zero-order valence-corrected chi connectivity index (χ0v) is 12.0. The maximum atomic E-state index is 11.9. The van der Waals surface area contributed by atoms with Gasteiger partial charge < -0.3 is 15.5 Å². The van der Waals surface area contributed by atoms with E-state index < -0.39 is 12.1 Å². The van der Waals surface area contributed by atoms with Crippen molar-refractivity contribution < 1.29 is 19.8 Å². The van der Waals surface area contributed by atoms with Gasteiger partial charge in [-0.3, -0.25) is 4.79 Å². The van der Waals surface area contributed by atoms with Crippen LogP contribution in [0, 0.1) is 5.41 Å². The number of aliphatic hydroxyl groups excluding tert-OH is 1. The third kappa shape index (κ3) is 5.40. The molecule has 20 heavy (non-hydrogen) atoms. The number of amides is 1. The number of carboxylic acid groups (broad SMARTS) is 1. The Bertz CT molecular complexity index is 491. The molecule has 1 unspecified atom stereocenters. The predicted molar refractivity (Wildman–Crippen MR) is 75.8 cm³/mol. The van der Waals surface area contributed by atoms with Crippen LogP contribution in [0.25, 0.3) is 0 Å². The fourth-order valence-corrected chi connectivity index (χ4v) is 1.89. The Hall–Kier alpha value is -1.88. The van der Waals surface area contributed by atoms with Crippen LogP contribution in [-0.2, 0) is 0 Å². The minimum Gasteiger partial charge on any atom is -0.478 e. The van der Waals surface area contributed by atoms with E-state index in [9.17, 15) is 14.7 Å². The number of aromatic carboxylic acids is 1. The molecule has 0 radical (unpaired) electrons. The molecule has 0 aromatic heterocycles. The molecule has 0 aliphatic rings. The first-order chi connectivity index (χ1) is 9.19. The maximum absolute atomic E-state index is 11.9. The van der Waals surface area contributed by atoms with Gasteiger partial charge in [0.25, 0.3) is 5.91 Å². The summed E-state index contributed by atoms with van der Waals surface area (Å²) in [7, 11) is 0. The van der Waals surface area contributed by atoms with Gasteiger partial charge in [-0.25, -0.2) is 4.79 Å². The normalized spacial score (nSPS) is 12.8. The second kappa shape index (κ2) is 6.52. The molecule has 0 aliphatic carbocycles. The molecule has 0 fully saturated rings. The van der Waals surface area contributed by atoms with Gasteiger partial charge in [-0.2, -0.15) is 0 Å². The standard InChI is InChI=1S/C15H21NO4/c1-15(2,3)8-12(17)9-16-13(18)10-5-4-6-11(7-10)14(19)20/h4-7,12,17H,8-9H2,1-3H3,(H,16,18)(H,19,20). The SMILES string of the molecule is CC(C)(C)CC(O)CNC(=O)c1cccc(C(=O)O)c1. The van der Waals surface area contributed by atoms with Crippen molar-refractivity contribution in [3.63, 3.8) is 0 Å². The molecule has 0 spiro atoms. The largest absolute Gasteiger partial charge is 0.478 e. The molecular formula is C15H21NO4. The van der Waals surface area contributed by atoms with Crippen molar-refractivity contribution in [3.8, 4) is 0 Å². The second-order valence-electron chi connectivity index (χ2n) is 6.01. The summed E-state index contributed by atoms with van der Waals surface area (Å²) < 4.78 is 0. The van der Waals surface area contributed by atoms with E-state index in [0.717, 1.165) is 0 Å². The number of hydrogen-bond donors (Lipinski definition) is 3. The van der Waals surface area contributed by atoms with Gasteiger partial charge in [0.2, 0.25) is 0 Å². The van der Waals surface area contributed by atoms with E-state index in [0.29, 0.717) is 6.42 Å². The molecule has 0 aliphatic heterocycles. The third-order valence-electron chi connectivity index (χ3n) is 2.72. The molecule has 1 aromatic carbocycles. The monoisotopic (exact) mass is 279 g/mol. The second-order valence-corrected chi connectivity index (χ2v) is 6.01. The molecule has 110 valence electrons. The number of carbonyl (C=O) groups is 2. The average Bonchev–Trinajstić information content (AvgIpc) is 2.34. The highest BCUT2D eigenvalue weighted by atomic mass is 16.4. The predicted octanol–water partition coefficient (Wildman–Crippen LogP) is 1.91. The fraction of sp³-hybridized carbons (Fsp3) is 0.467. The molecule has 1 amide bonds. The maximum Gasteiger partial charge on any atom is 0.335 e. The topological polar surface area (TPSA) is 86.6 Å². The lowest BCUT2D eigenvalue weighted by Crippen LogP contribution is -2.34. The van der Waals surface area contributed by atoms with Crippen molar-refractivity contribution in [2.75, 3.05) is 6.54 Å². The summed E-state index contributed by atoms with van der Waals surface area (Å²) in [5, 5.41) is 21.3. The van der Waals surface area contributed by atoms with Crippen LogP contribution in [-0.4, -0.2) is 34.7 Å². The number of rotatable bonds is 5. The number of benzene rings is 1. The Morgan fingerprint density at radius 1 is 1.25 bits per heavy atom. The molecule has 5 heteroatoms. The van der Waals surface area contributed by atoms with Gasteiger partial charge in [0.05, 0.1) is 11.7 Å². The summed E-state index contributed by atoms with van der Waals surface area (Å²) in [4.78, 5) is 22.7. The minimum absolute atomic E-state index is 0.0205. The first kappa shape index (κ1) is 16.2. The van der Waals surface area contributed by atoms with Crippen molar-refractivity contribution >= 4 is 11.9 Å². The summed E-state index contributed by atoms with van der Waals surface area (Å²) in [5.41, 5.74) is 0.314. The first-order valence-corrected chi connectivity index (χ1v) is 6.49. The van der Waals surface area contributed by atoms with E-state index in [1.165, 1.54) is 24.3 Å². The average molecular weight is 279 g/mol. The minimum atomic E-state index is -1.08. The van der Waals surface area contributed by atoms with Gasteiger partial charge in [0.1, 0.15) is 0 Å². The van der Waals surface area contributed by atoms with Crippen molar-refractivity contribution in [1.29, 1.82) is 0 Å². The van der Waals surface area contributed by atoms with Gasteiger partial charge in [-0.15, -0.1) is 0 Å². The van der Waals surface area contributed by atoms with E-state index in [1.54, 1.807) is 0 Å². The van der Waals surface area contributed by atoms with Gasteiger partial charge >= 0.3 is 5.97 Å². The fourth-order valence-electron chi connectivity index (χ4n) is 1.89. The van der Waals surface area contributed by atoms with Crippen LogP contribution in [0.15, 0.2) is 24.3 Å². The Morgan fingerprint density at radius 2 is 1.85 bits per heavy atom. The highest BCUT2D eigenvalue weighted by Crippen LogP contribution is 2.20. The lowest BCUT2D eigenvalue weighted by Gasteiger charge is -2.22. The van der Waals surface area contributed by atoms with Crippen molar-refractivity contribution in [1.82, 2.24) is 5.32 Å². The molecule has 0 bridgehead atoms. The summed E-state index contributed by atoms with van der Waals surface area (Å²) in [6, 6.07) is 5.79. The van der Waals surface area contributed by atoms with Crippen LogP contribution in [0.4, 0.5) is 0 Å². The van der Waals surface area contributed by atoms with Gasteiger partial charge in [0.15, 0.2) is 0 Å². The van der Waals surface area contributed by atoms with Crippen LogP contribution >= 0.6 is 0 Å². The lowest BCUT2D eigenvalue weighted by molar-refractivity contribution is 0.0696. The molecule has 0 saturated carbocycles. The molecule has 1 aromatic rings. The number of carbonyl (C=O) groups excluding carboxylic acids is 1. The van der Waals surface area contributed by atoms with Crippen LogP contribution < -0.4 is 5.32 Å². The van der Waals surface area contributed by atoms with Crippen molar-refractivity contribution in [3.05, 3.63) is 35.4 Å². The summed E-state index contributed by atoms with van der Waals surface area (Å²) in [6.45, 7) is 6.17. The van der Waals surface area contributed by atoms with Crippen molar-refractivity contribution in [2.24, 2.45) is 5.41 Å². The quantitative estimate of drug-likeness (QED) is 0.768. The van der Waals surface area contributed by atoms with Gasteiger partial charge in [-0.1, -0.05) is 26.8 Å². The van der Waals surface area contributed by atoms with E-state index in [-0.39, 0.29) is 29.0 Å². The van der Waals surface area contributed by atoms with Gasteiger partial charge in [-0.05, 0) is 30.0 Å². The van der Waals surface area contributed by atoms with Crippen LogP contribution in [0.3, 0.4) is 0 Å². The van der Waals surface area contributed by atoms with Crippen LogP contribution in [0.5, 0.6) is 0 Å². The molecule has 0 heterocycles. The molecule has 1 rings (SSSR count). The Labute approximate surface area is 118 Å². The van der Waals surface area contributed by atoms with E-state index in [2.05, 4.69) is 5.32 Å². The van der Waals surface area contributed by atoms with Crippen LogP contribution in [0.1, 0.15) is 47.9 Å². The lowest BCUT2D eigenvalue weighted by atomic mass is 9.89. The zero-order chi connectivity index (χ0) is 15.3. The zero-order valence-electron chi connectivity index (χ0n) is 12.0. The number of hydrogen-bond acceptors (Lipinski definition) is 3. The first-order valence-electron chi connectivity index (χ1n) is 6.49. The number of carboxylic acids is 1.